The molecule has 1 fully saturated rings. The number of nitrogens with zero attached hydrogens (tertiary/aromatic N) is 5. The maximum atomic E-state index is 12.9. The molecule has 144 valence electrons. The van der Waals surface area contributed by atoms with Gasteiger partial charge in [-0.2, -0.15) is 5.10 Å². The van der Waals surface area contributed by atoms with Crippen molar-refractivity contribution in [3.05, 3.63) is 78.1 Å². The number of pyridine rings is 1. The third kappa shape index (κ3) is 4.36. The van der Waals surface area contributed by atoms with E-state index < -0.39 is 0 Å². The van der Waals surface area contributed by atoms with E-state index in [1.807, 2.05) is 35.4 Å². The molecule has 0 unspecified atom stereocenters. The van der Waals surface area contributed by atoms with Gasteiger partial charge in [-0.25, -0.2) is 14.5 Å². The Bertz CT molecular complexity index is 890. The first kappa shape index (κ1) is 18.2. The van der Waals surface area contributed by atoms with Crippen molar-refractivity contribution < 1.29 is 4.79 Å². The normalized spacial score (nSPS) is 14.5. The van der Waals surface area contributed by atoms with E-state index in [2.05, 4.69) is 39.4 Å². The zero-order valence-electron chi connectivity index (χ0n) is 15.9. The van der Waals surface area contributed by atoms with Crippen molar-refractivity contribution in [3.8, 4) is 0 Å². The first-order valence-corrected chi connectivity index (χ1v) is 9.57. The van der Waals surface area contributed by atoms with Gasteiger partial charge >= 0.3 is 6.03 Å². The van der Waals surface area contributed by atoms with Crippen LogP contribution >= 0.6 is 0 Å². The highest BCUT2D eigenvalue weighted by Gasteiger charge is 2.36. The van der Waals surface area contributed by atoms with Crippen LogP contribution in [0.3, 0.4) is 0 Å². The number of hydrogen-bond acceptors (Lipinski definition) is 4. The monoisotopic (exact) mass is 376 g/mol. The standard InChI is InChI=1S/C21H24N6O/c1-16(19-3-2-10-22-12-19)27(20-8-9-20)21(28)24-11-17-4-6-18(7-5-17)13-26-15-23-14-25-26/h2-7,10,12,14-16,20H,8-9,11,13H2,1H3,(H,24,28)/t16-/m1/s1. The van der Waals surface area contributed by atoms with E-state index in [0.29, 0.717) is 19.1 Å². The number of rotatable bonds is 7. The number of benzene rings is 1. The Labute approximate surface area is 164 Å². The molecular weight excluding hydrogens is 352 g/mol. The number of nitrogens with one attached hydrogen (secondary N) is 1. The lowest BCUT2D eigenvalue weighted by Crippen LogP contribution is -2.42. The molecule has 7 nitrogen and oxygen atoms in total. The Morgan fingerprint density at radius 1 is 1.21 bits per heavy atom. The molecule has 2 aromatic heterocycles. The first-order valence-electron chi connectivity index (χ1n) is 9.57. The fraction of sp³-hybridized carbons (Fsp3) is 0.333. The van der Waals surface area contributed by atoms with Crippen molar-refractivity contribution >= 4 is 6.03 Å². The number of carbonyl (C=O) groups is 1. The van der Waals surface area contributed by atoms with Crippen LogP contribution in [0.5, 0.6) is 0 Å². The lowest BCUT2D eigenvalue weighted by molar-refractivity contribution is 0.174. The summed E-state index contributed by atoms with van der Waals surface area (Å²) in [6, 6.07) is 12.4. The van der Waals surface area contributed by atoms with Crippen molar-refractivity contribution in [2.24, 2.45) is 0 Å². The Balaban J connectivity index is 1.36. The van der Waals surface area contributed by atoms with Gasteiger partial charge in [0.1, 0.15) is 12.7 Å². The zero-order valence-corrected chi connectivity index (χ0v) is 15.9. The van der Waals surface area contributed by atoms with Crippen LogP contribution in [-0.2, 0) is 13.1 Å². The molecule has 2 amide bonds. The minimum Gasteiger partial charge on any atom is -0.334 e. The zero-order chi connectivity index (χ0) is 19.3. The fourth-order valence-corrected chi connectivity index (χ4v) is 3.33. The topological polar surface area (TPSA) is 75.9 Å². The van der Waals surface area contributed by atoms with Gasteiger partial charge in [0.15, 0.2) is 0 Å². The number of amides is 2. The van der Waals surface area contributed by atoms with Crippen LogP contribution < -0.4 is 5.32 Å². The summed E-state index contributed by atoms with van der Waals surface area (Å²) in [6.07, 6.45) is 8.95. The van der Waals surface area contributed by atoms with Crippen molar-refractivity contribution in [2.45, 2.75) is 44.9 Å². The van der Waals surface area contributed by atoms with E-state index in [9.17, 15) is 4.79 Å². The third-order valence-corrected chi connectivity index (χ3v) is 5.04. The molecule has 0 bridgehead atoms. The minimum atomic E-state index is -0.0226. The van der Waals surface area contributed by atoms with Crippen molar-refractivity contribution in [2.75, 3.05) is 0 Å². The molecule has 0 aliphatic heterocycles. The molecule has 1 atom stereocenters. The van der Waals surface area contributed by atoms with Crippen LogP contribution in [0.25, 0.3) is 0 Å². The van der Waals surface area contributed by atoms with Gasteiger partial charge < -0.3 is 10.2 Å². The quantitative estimate of drug-likeness (QED) is 0.687. The largest absolute Gasteiger partial charge is 0.334 e. The molecular formula is C21H24N6O. The number of hydrogen-bond donors (Lipinski definition) is 1. The molecule has 1 aliphatic carbocycles. The van der Waals surface area contributed by atoms with Gasteiger partial charge in [0.05, 0.1) is 12.6 Å². The molecule has 7 heteroatoms. The third-order valence-electron chi connectivity index (χ3n) is 5.04. The van der Waals surface area contributed by atoms with E-state index in [1.165, 1.54) is 6.33 Å². The summed E-state index contributed by atoms with van der Waals surface area (Å²) in [5, 5.41) is 7.19. The highest BCUT2D eigenvalue weighted by molar-refractivity contribution is 5.75. The second-order valence-corrected chi connectivity index (χ2v) is 7.17. The van der Waals surface area contributed by atoms with Gasteiger partial charge in [0.25, 0.3) is 0 Å². The predicted molar refractivity (Wildman–Crippen MR) is 105 cm³/mol. The van der Waals surface area contributed by atoms with Gasteiger partial charge in [-0.1, -0.05) is 30.3 Å². The van der Waals surface area contributed by atoms with Gasteiger partial charge in [-0.3, -0.25) is 4.98 Å². The Hall–Kier alpha value is -3.22. The summed E-state index contributed by atoms with van der Waals surface area (Å²) in [7, 11) is 0. The molecule has 3 aromatic rings. The van der Waals surface area contributed by atoms with Crippen LogP contribution in [0.15, 0.2) is 61.4 Å². The number of aromatic nitrogens is 4. The second kappa shape index (κ2) is 8.21. The van der Waals surface area contributed by atoms with Gasteiger partial charge in [0, 0.05) is 25.0 Å². The molecule has 1 aromatic carbocycles. The summed E-state index contributed by atoms with van der Waals surface area (Å²) in [5.41, 5.74) is 3.27. The van der Waals surface area contributed by atoms with E-state index in [1.54, 1.807) is 17.2 Å². The highest BCUT2D eigenvalue weighted by Crippen LogP contribution is 2.34. The number of carbonyl (C=O) groups excluding carboxylic acids is 1. The maximum absolute atomic E-state index is 12.9. The van der Waals surface area contributed by atoms with E-state index >= 15 is 0 Å². The molecule has 1 aliphatic rings. The Morgan fingerprint density at radius 3 is 2.64 bits per heavy atom. The van der Waals surface area contributed by atoms with Crippen molar-refractivity contribution in [3.63, 3.8) is 0 Å². The van der Waals surface area contributed by atoms with Crippen molar-refractivity contribution in [1.82, 2.24) is 30.0 Å². The van der Waals surface area contributed by atoms with Crippen LogP contribution in [-0.4, -0.2) is 36.7 Å². The Morgan fingerprint density at radius 2 is 2.00 bits per heavy atom. The molecule has 0 spiro atoms. The average molecular weight is 376 g/mol. The summed E-state index contributed by atoms with van der Waals surface area (Å²) < 4.78 is 1.78. The van der Waals surface area contributed by atoms with E-state index in [4.69, 9.17) is 0 Å². The van der Waals surface area contributed by atoms with Crippen LogP contribution in [0, 0.1) is 0 Å². The first-order chi connectivity index (χ1) is 13.7. The Kier molecular flexibility index (Phi) is 5.32. The van der Waals surface area contributed by atoms with E-state index in [0.717, 1.165) is 29.5 Å². The molecule has 2 heterocycles. The molecule has 0 radical (unpaired) electrons. The van der Waals surface area contributed by atoms with Crippen LogP contribution in [0.4, 0.5) is 4.79 Å². The fourth-order valence-electron chi connectivity index (χ4n) is 3.33. The SMILES string of the molecule is C[C@H](c1cccnc1)N(C(=O)NCc1ccc(Cn2cncn2)cc1)C1CC1. The van der Waals surface area contributed by atoms with Gasteiger partial charge in [-0.15, -0.1) is 0 Å². The van der Waals surface area contributed by atoms with Crippen molar-refractivity contribution in [1.29, 1.82) is 0 Å². The molecule has 1 saturated carbocycles. The summed E-state index contributed by atoms with van der Waals surface area (Å²) >= 11 is 0. The number of urea groups is 1. The molecule has 1 N–H and O–H groups in total. The minimum absolute atomic E-state index is 0.00579. The molecule has 4 rings (SSSR count). The van der Waals surface area contributed by atoms with Gasteiger partial charge in [0.2, 0.25) is 0 Å². The van der Waals surface area contributed by atoms with E-state index in [-0.39, 0.29) is 12.1 Å². The summed E-state index contributed by atoms with van der Waals surface area (Å²) in [4.78, 5) is 23.0. The molecule has 0 saturated heterocycles. The smallest absolute Gasteiger partial charge is 0.318 e. The predicted octanol–water partition coefficient (Wildman–Crippen LogP) is 3.16. The van der Waals surface area contributed by atoms with Crippen LogP contribution in [0.1, 0.15) is 42.5 Å². The maximum Gasteiger partial charge on any atom is 0.318 e. The highest BCUT2D eigenvalue weighted by atomic mass is 16.2. The summed E-state index contributed by atoms with van der Waals surface area (Å²) in [6.45, 7) is 3.25. The average Bonchev–Trinajstić information content (AvgIpc) is 3.43. The second-order valence-electron chi connectivity index (χ2n) is 7.17. The summed E-state index contributed by atoms with van der Waals surface area (Å²) in [5.74, 6) is 0. The lowest BCUT2D eigenvalue weighted by atomic mass is 10.1. The van der Waals surface area contributed by atoms with Gasteiger partial charge in [-0.05, 0) is 42.5 Å². The van der Waals surface area contributed by atoms with Crippen LogP contribution in [0.2, 0.25) is 0 Å². The molecule has 28 heavy (non-hydrogen) atoms. The lowest BCUT2D eigenvalue weighted by Gasteiger charge is -2.29.